The van der Waals surface area contributed by atoms with Gasteiger partial charge in [-0.2, -0.15) is 0 Å². The zero-order valence-corrected chi connectivity index (χ0v) is 13.8. The monoisotopic (exact) mass is 344 g/mol. The molecule has 3 N–H and O–H groups in total. The molecular formula is C14H18Cl2N4O2. The number of rotatable bonds is 5. The Morgan fingerprint density at radius 1 is 1.50 bits per heavy atom. The third-order valence-corrected chi connectivity index (χ3v) is 3.11. The number of ether oxygens (including phenoxy) is 1. The number of benzene rings is 1. The lowest BCUT2D eigenvalue weighted by Gasteiger charge is -2.09. The maximum atomic E-state index is 11.8. The number of aryl methyl sites for hydroxylation is 1. The molecule has 8 heteroatoms. The molecule has 1 atom stereocenters. The molecule has 0 spiro atoms. The van der Waals surface area contributed by atoms with Crippen molar-refractivity contribution < 1.29 is 9.53 Å². The highest BCUT2D eigenvalue weighted by atomic mass is 35.5. The number of nitrogens with two attached hydrogens (primary N) is 1. The van der Waals surface area contributed by atoms with E-state index < -0.39 is 6.04 Å². The zero-order valence-electron chi connectivity index (χ0n) is 12.2. The Hall–Kier alpha value is -1.60. The van der Waals surface area contributed by atoms with Crippen molar-refractivity contribution in [3.05, 3.63) is 41.0 Å². The number of carbonyl (C=O) groups is 1. The number of aromatic nitrogens is 2. The van der Waals surface area contributed by atoms with Gasteiger partial charge in [0.05, 0.1) is 12.3 Å². The van der Waals surface area contributed by atoms with E-state index in [9.17, 15) is 4.79 Å². The van der Waals surface area contributed by atoms with Crippen LogP contribution >= 0.6 is 24.0 Å². The first-order valence-corrected chi connectivity index (χ1v) is 6.77. The third kappa shape index (κ3) is 4.45. The van der Waals surface area contributed by atoms with Crippen LogP contribution in [0.2, 0.25) is 5.02 Å². The third-order valence-electron chi connectivity index (χ3n) is 2.87. The molecule has 2 aromatic rings. The topological polar surface area (TPSA) is 82.2 Å². The largest absolute Gasteiger partial charge is 0.383 e. The minimum absolute atomic E-state index is 0. The molecule has 1 aromatic heterocycles. The summed E-state index contributed by atoms with van der Waals surface area (Å²) in [7, 11) is 1.49. The van der Waals surface area contributed by atoms with Crippen LogP contribution in [0.25, 0.3) is 5.69 Å². The van der Waals surface area contributed by atoms with Crippen molar-refractivity contribution in [3.8, 4) is 5.69 Å². The Kier molecular flexibility index (Phi) is 6.83. The van der Waals surface area contributed by atoms with Gasteiger partial charge in [-0.05, 0) is 25.1 Å². The molecule has 1 unspecified atom stereocenters. The second-order valence-electron chi connectivity index (χ2n) is 4.61. The van der Waals surface area contributed by atoms with E-state index in [1.807, 2.05) is 19.1 Å². The number of methoxy groups -OCH3 is 1. The second-order valence-corrected chi connectivity index (χ2v) is 5.05. The van der Waals surface area contributed by atoms with Crippen molar-refractivity contribution >= 4 is 35.7 Å². The maximum absolute atomic E-state index is 11.8. The highest BCUT2D eigenvalue weighted by molar-refractivity contribution is 6.30. The van der Waals surface area contributed by atoms with Crippen LogP contribution in [0, 0.1) is 6.92 Å². The van der Waals surface area contributed by atoms with Crippen LogP contribution in [0.1, 0.15) is 5.69 Å². The molecule has 0 aliphatic heterocycles. The Bertz CT molecular complexity index is 646. The molecule has 6 nitrogen and oxygen atoms in total. The van der Waals surface area contributed by atoms with Crippen LogP contribution in [-0.2, 0) is 9.53 Å². The fourth-order valence-electron chi connectivity index (χ4n) is 1.88. The zero-order chi connectivity index (χ0) is 15.4. The highest BCUT2D eigenvalue weighted by Crippen LogP contribution is 2.18. The predicted molar refractivity (Wildman–Crippen MR) is 89.0 cm³/mol. The summed E-state index contributed by atoms with van der Waals surface area (Å²) >= 11 is 5.97. The lowest BCUT2D eigenvalue weighted by Crippen LogP contribution is -2.39. The van der Waals surface area contributed by atoms with Crippen molar-refractivity contribution in [2.24, 2.45) is 5.73 Å². The van der Waals surface area contributed by atoms with Gasteiger partial charge in [0.15, 0.2) is 5.82 Å². The van der Waals surface area contributed by atoms with Crippen molar-refractivity contribution in [2.75, 3.05) is 19.0 Å². The Balaban J connectivity index is 0.00000242. The molecule has 1 heterocycles. The summed E-state index contributed by atoms with van der Waals surface area (Å²) < 4.78 is 6.55. The van der Waals surface area contributed by atoms with Gasteiger partial charge in [0, 0.05) is 23.9 Å². The SMILES string of the molecule is COCC(N)C(=O)Nc1cc(C)n(-c2cccc(Cl)c2)n1.Cl. The molecule has 0 fully saturated rings. The number of amides is 1. The number of anilines is 1. The van der Waals surface area contributed by atoms with Gasteiger partial charge in [-0.1, -0.05) is 17.7 Å². The normalized spacial score (nSPS) is 11.6. The summed E-state index contributed by atoms with van der Waals surface area (Å²) in [6, 6.07) is 8.34. The van der Waals surface area contributed by atoms with E-state index in [2.05, 4.69) is 10.4 Å². The number of carbonyl (C=O) groups excluding carboxylic acids is 1. The quantitative estimate of drug-likeness (QED) is 0.870. The van der Waals surface area contributed by atoms with Gasteiger partial charge in [0.25, 0.3) is 0 Å². The van der Waals surface area contributed by atoms with Crippen molar-refractivity contribution in [1.29, 1.82) is 0 Å². The molecule has 120 valence electrons. The van der Waals surface area contributed by atoms with Gasteiger partial charge in [0.1, 0.15) is 6.04 Å². The fourth-order valence-corrected chi connectivity index (χ4v) is 2.06. The number of halogens is 2. The molecule has 22 heavy (non-hydrogen) atoms. The summed E-state index contributed by atoms with van der Waals surface area (Å²) in [5.74, 6) is 0.0941. The van der Waals surface area contributed by atoms with Crippen LogP contribution in [-0.4, -0.2) is 35.4 Å². The fraction of sp³-hybridized carbons (Fsp3) is 0.286. The molecular weight excluding hydrogens is 327 g/mol. The van der Waals surface area contributed by atoms with Crippen LogP contribution < -0.4 is 11.1 Å². The van der Waals surface area contributed by atoms with Gasteiger partial charge in [-0.15, -0.1) is 17.5 Å². The van der Waals surface area contributed by atoms with Crippen LogP contribution in [0.4, 0.5) is 5.82 Å². The van der Waals surface area contributed by atoms with E-state index in [0.29, 0.717) is 10.8 Å². The van der Waals surface area contributed by atoms with Crippen LogP contribution in [0.3, 0.4) is 0 Å². The second kappa shape index (κ2) is 8.14. The van der Waals surface area contributed by atoms with Crippen molar-refractivity contribution in [2.45, 2.75) is 13.0 Å². The van der Waals surface area contributed by atoms with Crippen molar-refractivity contribution in [1.82, 2.24) is 9.78 Å². The summed E-state index contributed by atoms with van der Waals surface area (Å²) in [4.78, 5) is 11.8. The van der Waals surface area contributed by atoms with E-state index in [4.69, 9.17) is 22.1 Å². The van der Waals surface area contributed by atoms with Gasteiger partial charge in [-0.3, -0.25) is 4.79 Å². The molecule has 0 saturated carbocycles. The number of nitrogens with zero attached hydrogens (tertiary/aromatic N) is 2. The molecule has 0 aliphatic rings. The van der Waals surface area contributed by atoms with E-state index >= 15 is 0 Å². The van der Waals surface area contributed by atoms with Gasteiger partial charge < -0.3 is 15.8 Å². The Morgan fingerprint density at radius 3 is 2.86 bits per heavy atom. The van der Waals surface area contributed by atoms with E-state index in [0.717, 1.165) is 11.4 Å². The lowest BCUT2D eigenvalue weighted by molar-refractivity contribution is -0.118. The molecule has 0 bridgehead atoms. The summed E-state index contributed by atoms with van der Waals surface area (Å²) in [5.41, 5.74) is 7.35. The lowest BCUT2D eigenvalue weighted by atomic mass is 10.3. The van der Waals surface area contributed by atoms with Gasteiger partial charge in [-0.25, -0.2) is 4.68 Å². The average Bonchev–Trinajstić information content (AvgIpc) is 2.79. The molecule has 1 amide bonds. The number of nitrogens with one attached hydrogen (secondary N) is 1. The van der Waals surface area contributed by atoms with Gasteiger partial charge in [0.2, 0.25) is 5.91 Å². The summed E-state index contributed by atoms with van der Waals surface area (Å²) in [5, 5.41) is 7.62. The molecule has 2 rings (SSSR count). The molecule has 0 saturated heterocycles. The molecule has 1 aromatic carbocycles. The highest BCUT2D eigenvalue weighted by Gasteiger charge is 2.15. The van der Waals surface area contributed by atoms with E-state index in [1.54, 1.807) is 22.9 Å². The summed E-state index contributed by atoms with van der Waals surface area (Å²) in [6.07, 6.45) is 0. The van der Waals surface area contributed by atoms with E-state index in [1.165, 1.54) is 7.11 Å². The van der Waals surface area contributed by atoms with Crippen LogP contribution in [0.15, 0.2) is 30.3 Å². The first kappa shape index (κ1) is 18.4. The van der Waals surface area contributed by atoms with Crippen LogP contribution in [0.5, 0.6) is 0 Å². The van der Waals surface area contributed by atoms with Crippen molar-refractivity contribution in [3.63, 3.8) is 0 Å². The van der Waals surface area contributed by atoms with Gasteiger partial charge >= 0.3 is 0 Å². The average molecular weight is 345 g/mol. The minimum atomic E-state index is -0.730. The Morgan fingerprint density at radius 2 is 2.23 bits per heavy atom. The smallest absolute Gasteiger partial charge is 0.244 e. The Labute approximate surface area is 140 Å². The first-order chi connectivity index (χ1) is 10.0. The standard InChI is InChI=1S/C14H17ClN4O2.ClH/c1-9-6-13(17-14(20)12(16)8-21-2)18-19(9)11-5-3-4-10(15)7-11;/h3-7,12H,8,16H2,1-2H3,(H,17,18,20);1H. The molecule has 0 aliphatic carbocycles. The first-order valence-electron chi connectivity index (χ1n) is 6.39. The maximum Gasteiger partial charge on any atom is 0.244 e. The summed E-state index contributed by atoms with van der Waals surface area (Å²) in [6.45, 7) is 2.04. The molecule has 0 radical (unpaired) electrons. The predicted octanol–water partition coefficient (Wildman–Crippen LogP) is 2.17. The number of hydrogen-bond acceptors (Lipinski definition) is 4. The van der Waals surface area contributed by atoms with E-state index in [-0.39, 0.29) is 24.9 Å². The number of hydrogen-bond donors (Lipinski definition) is 2. The minimum Gasteiger partial charge on any atom is -0.383 e.